The van der Waals surface area contributed by atoms with E-state index < -0.39 is 0 Å². The first kappa shape index (κ1) is 15.0. The molecule has 0 spiro atoms. The molecule has 0 saturated carbocycles. The van der Waals surface area contributed by atoms with Crippen LogP contribution in [0.4, 0.5) is 0 Å². The number of piperazine rings is 1. The molecule has 1 aliphatic heterocycles. The summed E-state index contributed by atoms with van der Waals surface area (Å²) in [5.74, 6) is 0.317. The van der Waals surface area contributed by atoms with Gasteiger partial charge in [-0.1, -0.05) is 30.3 Å². The molecule has 0 unspecified atom stereocenters. The van der Waals surface area contributed by atoms with E-state index in [9.17, 15) is 0 Å². The third-order valence-corrected chi connectivity index (χ3v) is 3.88. The second-order valence-corrected chi connectivity index (χ2v) is 5.59. The van der Waals surface area contributed by atoms with Crippen molar-refractivity contribution in [2.24, 2.45) is 5.73 Å². The van der Waals surface area contributed by atoms with E-state index in [0.717, 1.165) is 58.5 Å². The van der Waals surface area contributed by atoms with Crippen LogP contribution in [0, 0.1) is 5.41 Å². The summed E-state index contributed by atoms with van der Waals surface area (Å²) in [6.45, 7) is 6.84. The number of hydrogen-bond donors (Lipinski definition) is 2. The molecule has 1 aliphatic rings. The quantitative estimate of drug-likeness (QED) is 0.454. The maximum absolute atomic E-state index is 7.21. The molecule has 1 aromatic carbocycles. The standard InChI is InChI=1S/C16H26N4/c17-16(18)8-4-5-9-19-10-12-20(13-11-19)14-15-6-2-1-3-7-15/h1-3,6-7H,4-5,8-14H2,(H3,17,18). The molecule has 1 heterocycles. The second-order valence-electron chi connectivity index (χ2n) is 5.59. The monoisotopic (exact) mass is 274 g/mol. The van der Waals surface area contributed by atoms with Crippen LogP contribution in [-0.4, -0.2) is 48.4 Å². The fourth-order valence-electron chi connectivity index (χ4n) is 2.66. The van der Waals surface area contributed by atoms with E-state index in [1.54, 1.807) is 0 Å². The van der Waals surface area contributed by atoms with Gasteiger partial charge in [0.05, 0.1) is 5.84 Å². The minimum absolute atomic E-state index is 0.317. The van der Waals surface area contributed by atoms with Crippen LogP contribution in [0.5, 0.6) is 0 Å². The molecule has 4 nitrogen and oxygen atoms in total. The summed E-state index contributed by atoms with van der Waals surface area (Å²) in [6.07, 6.45) is 2.94. The Morgan fingerprint density at radius 3 is 2.30 bits per heavy atom. The van der Waals surface area contributed by atoms with Gasteiger partial charge in [0.2, 0.25) is 0 Å². The summed E-state index contributed by atoms with van der Waals surface area (Å²) in [4.78, 5) is 5.06. The number of unbranched alkanes of at least 4 members (excludes halogenated alkanes) is 1. The van der Waals surface area contributed by atoms with Crippen LogP contribution in [0.25, 0.3) is 0 Å². The first-order valence-corrected chi connectivity index (χ1v) is 7.55. The largest absolute Gasteiger partial charge is 0.388 e. The van der Waals surface area contributed by atoms with Crippen LogP contribution < -0.4 is 5.73 Å². The molecule has 0 aliphatic carbocycles. The highest BCUT2D eigenvalue weighted by Gasteiger charge is 2.16. The molecule has 1 aromatic rings. The Bertz CT molecular complexity index is 396. The lowest BCUT2D eigenvalue weighted by molar-refractivity contribution is 0.126. The highest BCUT2D eigenvalue weighted by Crippen LogP contribution is 2.09. The van der Waals surface area contributed by atoms with Crippen molar-refractivity contribution in [3.05, 3.63) is 35.9 Å². The average molecular weight is 274 g/mol. The smallest absolute Gasteiger partial charge is 0.0905 e. The first-order chi connectivity index (χ1) is 9.74. The summed E-state index contributed by atoms with van der Waals surface area (Å²) in [6, 6.07) is 10.7. The summed E-state index contributed by atoms with van der Waals surface area (Å²) in [5, 5.41) is 7.21. The molecule has 4 heteroatoms. The maximum atomic E-state index is 7.21. The number of nitrogens with one attached hydrogen (secondary N) is 1. The molecule has 3 N–H and O–H groups in total. The van der Waals surface area contributed by atoms with E-state index >= 15 is 0 Å². The molecular formula is C16H26N4. The van der Waals surface area contributed by atoms with Gasteiger partial charge in [0.15, 0.2) is 0 Å². The van der Waals surface area contributed by atoms with Crippen molar-refractivity contribution in [1.82, 2.24) is 9.80 Å². The van der Waals surface area contributed by atoms with E-state index in [4.69, 9.17) is 11.1 Å². The van der Waals surface area contributed by atoms with Gasteiger partial charge in [0, 0.05) is 39.1 Å². The van der Waals surface area contributed by atoms with Crippen molar-refractivity contribution in [1.29, 1.82) is 5.41 Å². The van der Waals surface area contributed by atoms with Gasteiger partial charge >= 0.3 is 0 Å². The van der Waals surface area contributed by atoms with Gasteiger partial charge in [-0.3, -0.25) is 10.3 Å². The van der Waals surface area contributed by atoms with Crippen molar-refractivity contribution in [2.75, 3.05) is 32.7 Å². The van der Waals surface area contributed by atoms with Gasteiger partial charge in [-0.25, -0.2) is 0 Å². The minimum atomic E-state index is 0.317. The van der Waals surface area contributed by atoms with Crippen molar-refractivity contribution in [3.8, 4) is 0 Å². The lowest BCUT2D eigenvalue weighted by Gasteiger charge is -2.34. The van der Waals surface area contributed by atoms with E-state index in [1.807, 2.05) is 0 Å². The summed E-state index contributed by atoms with van der Waals surface area (Å²) in [5.41, 5.74) is 6.77. The molecule has 1 saturated heterocycles. The van der Waals surface area contributed by atoms with E-state index in [1.165, 1.54) is 5.56 Å². The Balaban J connectivity index is 1.61. The van der Waals surface area contributed by atoms with E-state index in [-0.39, 0.29) is 0 Å². The molecule has 110 valence electrons. The predicted octanol–water partition coefficient (Wildman–Crippen LogP) is 1.91. The van der Waals surface area contributed by atoms with Crippen molar-refractivity contribution in [3.63, 3.8) is 0 Å². The predicted molar refractivity (Wildman–Crippen MR) is 83.9 cm³/mol. The maximum Gasteiger partial charge on any atom is 0.0905 e. The van der Waals surface area contributed by atoms with Crippen LogP contribution in [0.1, 0.15) is 24.8 Å². The minimum Gasteiger partial charge on any atom is -0.388 e. The third-order valence-electron chi connectivity index (χ3n) is 3.88. The fraction of sp³-hybridized carbons (Fsp3) is 0.562. The summed E-state index contributed by atoms with van der Waals surface area (Å²) < 4.78 is 0. The number of nitrogens with two attached hydrogens (primary N) is 1. The lowest BCUT2D eigenvalue weighted by Crippen LogP contribution is -2.46. The van der Waals surface area contributed by atoms with Crippen molar-refractivity contribution in [2.45, 2.75) is 25.8 Å². The third kappa shape index (κ3) is 5.31. The fourth-order valence-corrected chi connectivity index (χ4v) is 2.66. The molecular weight excluding hydrogens is 248 g/mol. The van der Waals surface area contributed by atoms with Crippen molar-refractivity contribution < 1.29 is 0 Å². The molecule has 20 heavy (non-hydrogen) atoms. The van der Waals surface area contributed by atoms with Gasteiger partial charge in [0.1, 0.15) is 0 Å². The van der Waals surface area contributed by atoms with Crippen LogP contribution in [0.3, 0.4) is 0 Å². The SMILES string of the molecule is N=C(N)CCCCN1CCN(Cc2ccccc2)CC1. The summed E-state index contributed by atoms with van der Waals surface area (Å²) >= 11 is 0. The normalized spacial score (nSPS) is 17.2. The summed E-state index contributed by atoms with van der Waals surface area (Å²) in [7, 11) is 0. The average Bonchev–Trinajstić information content (AvgIpc) is 2.46. The van der Waals surface area contributed by atoms with Gasteiger partial charge in [-0.15, -0.1) is 0 Å². The van der Waals surface area contributed by atoms with Gasteiger partial charge in [-0.2, -0.15) is 0 Å². The van der Waals surface area contributed by atoms with E-state index in [0.29, 0.717) is 5.84 Å². The molecule has 2 rings (SSSR count). The Morgan fingerprint density at radius 2 is 1.65 bits per heavy atom. The van der Waals surface area contributed by atoms with Gasteiger partial charge in [-0.05, 0) is 24.9 Å². The highest BCUT2D eigenvalue weighted by atomic mass is 15.3. The Morgan fingerprint density at radius 1 is 1.00 bits per heavy atom. The molecule has 0 radical (unpaired) electrons. The number of benzene rings is 1. The second kappa shape index (κ2) is 8.02. The zero-order valence-electron chi connectivity index (χ0n) is 12.2. The van der Waals surface area contributed by atoms with Crippen LogP contribution in [0.15, 0.2) is 30.3 Å². The molecule has 0 aromatic heterocycles. The molecule has 0 bridgehead atoms. The topological polar surface area (TPSA) is 56.4 Å². The highest BCUT2D eigenvalue weighted by molar-refractivity contribution is 5.76. The van der Waals surface area contributed by atoms with Crippen LogP contribution >= 0.6 is 0 Å². The number of amidine groups is 1. The zero-order chi connectivity index (χ0) is 14.2. The molecule has 0 amide bonds. The van der Waals surface area contributed by atoms with Crippen LogP contribution in [-0.2, 0) is 6.54 Å². The Labute approximate surface area is 122 Å². The zero-order valence-corrected chi connectivity index (χ0v) is 12.2. The number of hydrogen-bond acceptors (Lipinski definition) is 3. The van der Waals surface area contributed by atoms with Gasteiger partial charge in [0.25, 0.3) is 0 Å². The first-order valence-electron chi connectivity index (χ1n) is 7.55. The number of rotatable bonds is 7. The van der Waals surface area contributed by atoms with Crippen molar-refractivity contribution >= 4 is 5.84 Å². The Hall–Kier alpha value is -1.39. The van der Waals surface area contributed by atoms with Gasteiger partial charge < -0.3 is 10.6 Å². The lowest BCUT2D eigenvalue weighted by atomic mass is 10.2. The Kier molecular flexibility index (Phi) is 6.02. The van der Waals surface area contributed by atoms with E-state index in [2.05, 4.69) is 40.1 Å². The molecule has 0 atom stereocenters. The molecule has 1 fully saturated rings. The van der Waals surface area contributed by atoms with Crippen LogP contribution in [0.2, 0.25) is 0 Å². The number of nitrogens with zero attached hydrogens (tertiary/aromatic N) is 2.